The Hall–Kier alpha value is -0.850. The van der Waals surface area contributed by atoms with Crippen LogP contribution in [0, 0.1) is 17.3 Å². The number of hydrogen-bond acceptors (Lipinski definition) is 1. The summed E-state index contributed by atoms with van der Waals surface area (Å²) in [4.78, 5) is 10.7. The van der Waals surface area contributed by atoms with Crippen LogP contribution < -0.4 is 0 Å². The predicted octanol–water partition coefficient (Wildman–Crippen LogP) is 3.76. The molecule has 1 fully saturated rings. The molecule has 0 aromatic heterocycles. The van der Waals surface area contributed by atoms with Crippen LogP contribution in [0.1, 0.15) is 41.0 Å². The number of rotatable bonds is 3. The van der Waals surface area contributed by atoms with E-state index in [0.717, 1.165) is 5.92 Å². The molecule has 1 aliphatic rings. The van der Waals surface area contributed by atoms with Gasteiger partial charge in [0, 0.05) is 0 Å². The van der Waals surface area contributed by atoms with E-state index in [1.807, 2.05) is 6.08 Å². The van der Waals surface area contributed by atoms with Gasteiger partial charge in [-0.15, -0.1) is 0 Å². The topological polar surface area (TPSA) is 17.1 Å². The average Bonchev–Trinajstić information content (AvgIpc) is 2.13. The number of hydrogen-bond donors (Lipinski definition) is 0. The van der Waals surface area contributed by atoms with Gasteiger partial charge in [-0.1, -0.05) is 38.5 Å². The van der Waals surface area contributed by atoms with Crippen molar-refractivity contribution in [2.24, 2.45) is 17.3 Å². The van der Waals surface area contributed by atoms with Crippen molar-refractivity contribution in [2.45, 2.75) is 41.0 Å². The van der Waals surface area contributed by atoms with Crippen molar-refractivity contribution in [2.75, 3.05) is 0 Å². The summed E-state index contributed by atoms with van der Waals surface area (Å²) in [5, 5.41) is 0. The summed E-state index contributed by atoms with van der Waals surface area (Å²) in [7, 11) is 0. The second-order valence-corrected chi connectivity index (χ2v) is 5.39. The van der Waals surface area contributed by atoms with E-state index in [1.54, 1.807) is 13.0 Å². The fourth-order valence-corrected chi connectivity index (χ4v) is 2.37. The molecule has 0 heterocycles. The summed E-state index contributed by atoms with van der Waals surface area (Å²) in [5.74, 6) is 1.60. The smallest absolute Gasteiger partial charge is 0.152 e. The Bertz CT molecular complexity index is 307. The molecular weight excluding hydrogens is 184 g/mol. The first-order valence-corrected chi connectivity index (χ1v) is 5.71. The molecule has 0 aromatic rings. The number of carbonyl (C=O) groups excluding carboxylic acids is 1. The normalized spacial score (nSPS) is 30.3. The fourth-order valence-electron chi connectivity index (χ4n) is 2.37. The molecule has 1 nitrogen and oxygen atoms in total. The lowest BCUT2D eigenvalue weighted by atomic mass is 9.53. The molecule has 0 bridgehead atoms. The molecule has 1 saturated carbocycles. The van der Waals surface area contributed by atoms with Crippen LogP contribution >= 0.6 is 0 Å². The van der Waals surface area contributed by atoms with Gasteiger partial charge in [0.1, 0.15) is 0 Å². The largest absolute Gasteiger partial charge is 0.295 e. The molecule has 2 atom stereocenters. The van der Waals surface area contributed by atoms with Crippen molar-refractivity contribution in [1.29, 1.82) is 0 Å². The minimum absolute atomic E-state index is 0.111. The Labute approximate surface area is 93.3 Å². The molecule has 0 radical (unpaired) electrons. The first-order valence-electron chi connectivity index (χ1n) is 5.71. The Morgan fingerprint density at radius 2 is 1.93 bits per heavy atom. The van der Waals surface area contributed by atoms with E-state index >= 15 is 0 Å². The van der Waals surface area contributed by atoms with E-state index in [4.69, 9.17) is 0 Å². The summed E-state index contributed by atoms with van der Waals surface area (Å²) in [6.45, 7) is 10.7. The van der Waals surface area contributed by atoms with Crippen molar-refractivity contribution in [1.82, 2.24) is 0 Å². The molecule has 0 unspecified atom stereocenters. The first kappa shape index (κ1) is 12.2. The van der Waals surface area contributed by atoms with Crippen molar-refractivity contribution in [3.63, 3.8) is 0 Å². The van der Waals surface area contributed by atoms with Crippen molar-refractivity contribution >= 4 is 5.78 Å². The second kappa shape index (κ2) is 4.34. The molecule has 15 heavy (non-hydrogen) atoms. The van der Waals surface area contributed by atoms with Gasteiger partial charge in [0.05, 0.1) is 0 Å². The van der Waals surface area contributed by atoms with Crippen molar-refractivity contribution in [3.8, 4) is 0 Å². The fraction of sp³-hybridized carbons (Fsp3) is 0.643. The molecule has 84 valence electrons. The summed E-state index contributed by atoms with van der Waals surface area (Å²) < 4.78 is 0. The van der Waals surface area contributed by atoms with Gasteiger partial charge in [0.25, 0.3) is 0 Å². The molecule has 0 amide bonds. The lowest BCUT2D eigenvalue weighted by molar-refractivity contribution is -0.112. The van der Waals surface area contributed by atoms with Crippen LogP contribution in [0.5, 0.6) is 0 Å². The zero-order valence-corrected chi connectivity index (χ0v) is 10.5. The lowest BCUT2D eigenvalue weighted by Crippen LogP contribution is -2.43. The minimum atomic E-state index is 0.111. The van der Waals surface area contributed by atoms with Gasteiger partial charge in [-0.25, -0.2) is 0 Å². The van der Waals surface area contributed by atoms with E-state index in [-0.39, 0.29) is 5.78 Å². The minimum Gasteiger partial charge on any atom is -0.295 e. The van der Waals surface area contributed by atoms with Gasteiger partial charge in [-0.3, -0.25) is 4.79 Å². The Morgan fingerprint density at radius 1 is 1.33 bits per heavy atom. The van der Waals surface area contributed by atoms with Gasteiger partial charge < -0.3 is 0 Å². The Morgan fingerprint density at radius 3 is 2.33 bits per heavy atom. The maximum Gasteiger partial charge on any atom is 0.152 e. The van der Waals surface area contributed by atoms with Gasteiger partial charge in [0.2, 0.25) is 0 Å². The third-order valence-corrected chi connectivity index (χ3v) is 4.00. The molecule has 1 aliphatic carbocycles. The SMILES string of the molecule is CC(=O)/C=C/C=C(\C)[C@H]1C[C@@H](C)C1(C)C. The van der Waals surface area contributed by atoms with E-state index in [0.29, 0.717) is 11.3 Å². The quantitative estimate of drug-likeness (QED) is 0.507. The molecule has 1 heteroatoms. The zero-order valence-electron chi connectivity index (χ0n) is 10.5. The van der Waals surface area contributed by atoms with Crippen LogP contribution in [0.15, 0.2) is 23.8 Å². The highest BCUT2D eigenvalue weighted by Crippen LogP contribution is 2.53. The highest BCUT2D eigenvalue weighted by Gasteiger charge is 2.45. The van der Waals surface area contributed by atoms with E-state index in [2.05, 4.69) is 33.8 Å². The van der Waals surface area contributed by atoms with Gasteiger partial charge >= 0.3 is 0 Å². The van der Waals surface area contributed by atoms with Crippen LogP contribution in [0.4, 0.5) is 0 Å². The predicted molar refractivity (Wildman–Crippen MR) is 64.6 cm³/mol. The standard InChI is InChI=1S/C14H22O/c1-10(7-6-8-12(3)15)13-9-11(2)14(13,4)5/h6-8,11,13H,9H2,1-5H3/b8-6+,10-7+/t11-,13-/m1/s1. The number of carbonyl (C=O) groups is 1. The van der Waals surface area contributed by atoms with E-state index in [1.165, 1.54) is 12.0 Å². The third-order valence-electron chi connectivity index (χ3n) is 4.00. The summed E-state index contributed by atoms with van der Waals surface area (Å²) in [6, 6.07) is 0. The molecule has 0 spiro atoms. The monoisotopic (exact) mass is 206 g/mol. The molecule has 0 aromatic carbocycles. The molecular formula is C14H22O. The van der Waals surface area contributed by atoms with Gasteiger partial charge in [-0.2, -0.15) is 0 Å². The summed E-state index contributed by atoms with van der Waals surface area (Å²) in [5.41, 5.74) is 1.82. The summed E-state index contributed by atoms with van der Waals surface area (Å²) >= 11 is 0. The van der Waals surface area contributed by atoms with Crippen LogP contribution in [0.3, 0.4) is 0 Å². The maximum atomic E-state index is 10.7. The van der Waals surface area contributed by atoms with E-state index in [9.17, 15) is 4.79 Å². The van der Waals surface area contributed by atoms with Gasteiger partial charge in [0.15, 0.2) is 5.78 Å². The highest BCUT2D eigenvalue weighted by atomic mass is 16.1. The highest BCUT2D eigenvalue weighted by molar-refractivity contribution is 5.87. The zero-order chi connectivity index (χ0) is 11.6. The lowest BCUT2D eigenvalue weighted by Gasteiger charge is -2.51. The van der Waals surface area contributed by atoms with E-state index < -0.39 is 0 Å². The van der Waals surface area contributed by atoms with Crippen LogP contribution in [-0.4, -0.2) is 5.78 Å². The Balaban J connectivity index is 2.63. The summed E-state index contributed by atoms with van der Waals surface area (Å²) in [6.07, 6.45) is 6.86. The number of ketones is 1. The van der Waals surface area contributed by atoms with Gasteiger partial charge in [-0.05, 0) is 43.6 Å². The molecule has 0 aliphatic heterocycles. The second-order valence-electron chi connectivity index (χ2n) is 5.39. The molecule has 1 rings (SSSR count). The van der Waals surface area contributed by atoms with Crippen LogP contribution in [-0.2, 0) is 4.79 Å². The molecule has 0 N–H and O–H groups in total. The maximum absolute atomic E-state index is 10.7. The van der Waals surface area contributed by atoms with Crippen LogP contribution in [0.25, 0.3) is 0 Å². The Kier molecular flexibility index (Phi) is 3.54. The van der Waals surface area contributed by atoms with Crippen molar-refractivity contribution < 1.29 is 4.79 Å². The number of allylic oxidation sites excluding steroid dienone is 4. The van der Waals surface area contributed by atoms with Crippen molar-refractivity contribution in [3.05, 3.63) is 23.8 Å². The first-order chi connectivity index (χ1) is 6.85. The van der Waals surface area contributed by atoms with Crippen LogP contribution in [0.2, 0.25) is 0 Å². The average molecular weight is 206 g/mol. The molecule has 0 saturated heterocycles. The third kappa shape index (κ3) is 2.58.